The van der Waals surface area contributed by atoms with Crippen LogP contribution in [0, 0.1) is 0 Å². The summed E-state index contributed by atoms with van der Waals surface area (Å²) in [6.45, 7) is 4.21. The lowest BCUT2D eigenvalue weighted by atomic mass is 10.1. The number of fused-ring (bicyclic) bond motifs is 1. The largest absolute Gasteiger partial charge is 0.361 e. The van der Waals surface area contributed by atoms with Crippen LogP contribution < -0.4 is 0 Å². The van der Waals surface area contributed by atoms with Gasteiger partial charge in [0, 0.05) is 41.8 Å². The zero-order valence-electron chi connectivity index (χ0n) is 12.2. The van der Waals surface area contributed by atoms with Crippen LogP contribution in [0.4, 0.5) is 0 Å². The number of benzene rings is 1. The van der Waals surface area contributed by atoms with Gasteiger partial charge in [0.1, 0.15) is 0 Å². The maximum Gasteiger partial charge on any atom is 0.253 e. The molecule has 2 saturated heterocycles. The third-order valence-electron chi connectivity index (χ3n) is 4.91. The molecule has 0 radical (unpaired) electrons. The predicted octanol–water partition coefficient (Wildman–Crippen LogP) is 2.48. The van der Waals surface area contributed by atoms with Crippen LogP contribution in [0.25, 0.3) is 10.9 Å². The summed E-state index contributed by atoms with van der Waals surface area (Å²) in [5, 5.41) is 1.11. The van der Waals surface area contributed by atoms with E-state index in [9.17, 15) is 4.79 Å². The van der Waals surface area contributed by atoms with E-state index < -0.39 is 0 Å². The molecule has 0 bridgehead atoms. The highest BCUT2D eigenvalue weighted by atomic mass is 16.2. The van der Waals surface area contributed by atoms with Crippen LogP contribution in [-0.2, 0) is 0 Å². The second kappa shape index (κ2) is 5.19. The fourth-order valence-corrected chi connectivity index (χ4v) is 3.70. The molecule has 0 saturated carbocycles. The van der Waals surface area contributed by atoms with Crippen LogP contribution >= 0.6 is 0 Å². The van der Waals surface area contributed by atoms with Crippen molar-refractivity contribution in [2.75, 3.05) is 26.2 Å². The van der Waals surface area contributed by atoms with E-state index >= 15 is 0 Å². The highest BCUT2D eigenvalue weighted by molar-refractivity contribution is 5.98. The monoisotopic (exact) mass is 283 g/mol. The summed E-state index contributed by atoms with van der Waals surface area (Å²) in [7, 11) is 0. The second-order valence-corrected chi connectivity index (χ2v) is 6.22. The van der Waals surface area contributed by atoms with E-state index in [1.54, 1.807) is 0 Å². The topological polar surface area (TPSA) is 39.3 Å². The van der Waals surface area contributed by atoms with Crippen LogP contribution in [0.2, 0.25) is 0 Å². The van der Waals surface area contributed by atoms with E-state index in [0.29, 0.717) is 6.04 Å². The minimum absolute atomic E-state index is 0.180. The van der Waals surface area contributed by atoms with Crippen molar-refractivity contribution in [3.05, 3.63) is 36.0 Å². The highest BCUT2D eigenvalue weighted by Crippen LogP contribution is 2.23. The van der Waals surface area contributed by atoms with E-state index in [1.165, 1.54) is 25.9 Å². The van der Waals surface area contributed by atoms with E-state index in [-0.39, 0.29) is 5.91 Å². The van der Waals surface area contributed by atoms with Crippen molar-refractivity contribution in [2.45, 2.75) is 25.3 Å². The van der Waals surface area contributed by atoms with Crippen molar-refractivity contribution in [1.29, 1.82) is 0 Å². The number of hydrogen-bond donors (Lipinski definition) is 1. The third-order valence-corrected chi connectivity index (χ3v) is 4.91. The van der Waals surface area contributed by atoms with Crippen LogP contribution in [0.3, 0.4) is 0 Å². The lowest BCUT2D eigenvalue weighted by Crippen LogP contribution is -2.37. The molecule has 1 atom stereocenters. The Kier molecular flexibility index (Phi) is 3.19. The molecule has 2 aromatic rings. The Hall–Kier alpha value is -1.81. The van der Waals surface area contributed by atoms with Crippen molar-refractivity contribution in [3.8, 4) is 0 Å². The lowest BCUT2D eigenvalue weighted by Gasteiger charge is -2.23. The Labute approximate surface area is 124 Å². The Morgan fingerprint density at radius 1 is 1.14 bits per heavy atom. The molecule has 1 aromatic carbocycles. The summed E-state index contributed by atoms with van der Waals surface area (Å²) in [6, 6.07) is 8.52. The van der Waals surface area contributed by atoms with Gasteiger partial charge in [-0.05, 0) is 56.6 Å². The first kappa shape index (κ1) is 12.9. The molecule has 1 N–H and O–H groups in total. The average Bonchev–Trinajstić information content (AvgIpc) is 3.24. The van der Waals surface area contributed by atoms with Crippen LogP contribution in [0.5, 0.6) is 0 Å². The standard InChI is InChI=1S/C17H21N3O/c21-17(14-3-4-16-13(11-14)5-7-18-16)20-10-6-15(12-20)19-8-1-2-9-19/h3-5,7,11,15,18H,1-2,6,8-10,12H2. The maximum atomic E-state index is 12.7. The molecule has 21 heavy (non-hydrogen) atoms. The summed E-state index contributed by atoms with van der Waals surface area (Å²) in [5.41, 5.74) is 1.90. The molecule has 3 heterocycles. The molecule has 4 rings (SSSR count). The Bertz CT molecular complexity index is 657. The van der Waals surface area contributed by atoms with Crippen molar-refractivity contribution >= 4 is 16.8 Å². The third kappa shape index (κ3) is 2.33. The van der Waals surface area contributed by atoms with Crippen molar-refractivity contribution in [2.24, 2.45) is 0 Å². The second-order valence-electron chi connectivity index (χ2n) is 6.22. The average molecular weight is 283 g/mol. The maximum absolute atomic E-state index is 12.7. The highest BCUT2D eigenvalue weighted by Gasteiger charge is 2.31. The molecule has 2 fully saturated rings. The van der Waals surface area contributed by atoms with Gasteiger partial charge < -0.3 is 9.88 Å². The predicted molar refractivity (Wildman–Crippen MR) is 83.4 cm³/mol. The zero-order chi connectivity index (χ0) is 14.2. The Balaban J connectivity index is 1.49. The van der Waals surface area contributed by atoms with Gasteiger partial charge in [-0.25, -0.2) is 0 Å². The summed E-state index contributed by atoms with van der Waals surface area (Å²) in [4.78, 5) is 20.4. The molecule has 4 nitrogen and oxygen atoms in total. The number of carbonyl (C=O) groups excluding carboxylic acids is 1. The minimum atomic E-state index is 0.180. The molecule has 1 unspecified atom stereocenters. The molecule has 4 heteroatoms. The van der Waals surface area contributed by atoms with Gasteiger partial charge in [0.05, 0.1) is 0 Å². The molecule has 1 aromatic heterocycles. The van der Waals surface area contributed by atoms with Crippen molar-refractivity contribution in [3.63, 3.8) is 0 Å². The van der Waals surface area contributed by atoms with Gasteiger partial charge >= 0.3 is 0 Å². The van der Waals surface area contributed by atoms with Gasteiger partial charge in [-0.1, -0.05) is 0 Å². The molecule has 0 spiro atoms. The number of likely N-dealkylation sites (tertiary alicyclic amines) is 2. The SMILES string of the molecule is O=C(c1ccc2[nH]ccc2c1)N1CCC(N2CCCC2)C1. The Morgan fingerprint density at radius 2 is 2.00 bits per heavy atom. The van der Waals surface area contributed by atoms with Crippen LogP contribution in [-0.4, -0.2) is 52.9 Å². The first-order valence-corrected chi connectivity index (χ1v) is 7.92. The fraction of sp³-hybridized carbons (Fsp3) is 0.471. The number of hydrogen-bond acceptors (Lipinski definition) is 2. The van der Waals surface area contributed by atoms with Gasteiger partial charge in [-0.2, -0.15) is 0 Å². The molecular weight excluding hydrogens is 262 g/mol. The molecule has 0 aliphatic carbocycles. The van der Waals surface area contributed by atoms with Crippen LogP contribution in [0.15, 0.2) is 30.5 Å². The quantitative estimate of drug-likeness (QED) is 0.919. The van der Waals surface area contributed by atoms with Crippen molar-refractivity contribution in [1.82, 2.24) is 14.8 Å². The van der Waals surface area contributed by atoms with Gasteiger partial charge in [0.2, 0.25) is 0 Å². The number of aromatic amines is 1. The van der Waals surface area contributed by atoms with E-state index in [2.05, 4.69) is 9.88 Å². The van der Waals surface area contributed by atoms with E-state index in [1.807, 2.05) is 35.4 Å². The number of nitrogens with one attached hydrogen (secondary N) is 1. The van der Waals surface area contributed by atoms with Crippen LogP contribution in [0.1, 0.15) is 29.6 Å². The molecule has 2 aliphatic heterocycles. The number of amides is 1. The van der Waals surface area contributed by atoms with Gasteiger partial charge in [-0.3, -0.25) is 9.69 Å². The number of H-pyrrole nitrogens is 1. The summed E-state index contributed by atoms with van der Waals surface area (Å²) in [6.07, 6.45) is 5.67. The summed E-state index contributed by atoms with van der Waals surface area (Å²) in [5.74, 6) is 0.180. The van der Waals surface area contributed by atoms with E-state index in [0.717, 1.165) is 36.0 Å². The van der Waals surface area contributed by atoms with Crippen molar-refractivity contribution < 1.29 is 4.79 Å². The first-order valence-electron chi connectivity index (χ1n) is 7.92. The lowest BCUT2D eigenvalue weighted by molar-refractivity contribution is 0.0780. The number of aromatic nitrogens is 1. The number of carbonyl (C=O) groups is 1. The number of nitrogens with zero attached hydrogens (tertiary/aromatic N) is 2. The van der Waals surface area contributed by atoms with Gasteiger partial charge in [0.25, 0.3) is 5.91 Å². The van der Waals surface area contributed by atoms with Gasteiger partial charge in [0.15, 0.2) is 0 Å². The smallest absolute Gasteiger partial charge is 0.253 e. The Morgan fingerprint density at radius 3 is 2.86 bits per heavy atom. The fourth-order valence-electron chi connectivity index (χ4n) is 3.70. The summed E-state index contributed by atoms with van der Waals surface area (Å²) < 4.78 is 0. The molecule has 1 amide bonds. The van der Waals surface area contributed by atoms with E-state index in [4.69, 9.17) is 0 Å². The normalized spacial score (nSPS) is 23.2. The van der Waals surface area contributed by atoms with Gasteiger partial charge in [-0.15, -0.1) is 0 Å². The zero-order valence-corrected chi connectivity index (χ0v) is 12.2. The number of rotatable bonds is 2. The molecule has 2 aliphatic rings. The molecule has 110 valence electrons. The summed E-state index contributed by atoms with van der Waals surface area (Å²) >= 11 is 0. The minimum Gasteiger partial charge on any atom is -0.361 e. The first-order chi connectivity index (χ1) is 10.3. The molecular formula is C17H21N3O.